The summed E-state index contributed by atoms with van der Waals surface area (Å²) in [7, 11) is 0. The molecule has 4 nitrogen and oxygen atoms in total. The van der Waals surface area contributed by atoms with E-state index in [0.717, 1.165) is 38.9 Å². The van der Waals surface area contributed by atoms with E-state index in [9.17, 15) is 9.90 Å². The first kappa shape index (κ1) is 22.8. The fraction of sp³-hybridized carbons (Fsp3) is 0.880. The van der Waals surface area contributed by atoms with Gasteiger partial charge in [0.1, 0.15) is 12.0 Å². The van der Waals surface area contributed by atoms with Crippen LogP contribution in [0.2, 0.25) is 0 Å². The van der Waals surface area contributed by atoms with E-state index in [1.165, 1.54) is 49.0 Å². The number of rotatable bonds is 10. The van der Waals surface area contributed by atoms with Crippen LogP contribution in [0.5, 0.6) is 0 Å². The third kappa shape index (κ3) is 4.58. The summed E-state index contributed by atoms with van der Waals surface area (Å²) in [6.45, 7) is 12.1. The molecule has 3 rings (SSSR count). The van der Waals surface area contributed by atoms with E-state index in [-0.39, 0.29) is 29.3 Å². The molecule has 0 aromatic heterocycles. The van der Waals surface area contributed by atoms with Crippen molar-refractivity contribution in [3.05, 3.63) is 11.6 Å². The molecule has 0 spiro atoms. The molecule has 1 saturated carbocycles. The van der Waals surface area contributed by atoms with Crippen LogP contribution in [0.1, 0.15) is 85.5 Å². The average molecular weight is 407 g/mol. The van der Waals surface area contributed by atoms with Crippen LogP contribution >= 0.6 is 0 Å². The number of ether oxygens (including phenoxy) is 1. The highest BCUT2D eigenvalue weighted by Gasteiger charge is 2.60. The minimum absolute atomic E-state index is 0.0439. The molecular formula is C25H44NO3+. The van der Waals surface area contributed by atoms with Crippen LogP contribution in [-0.2, 0) is 9.53 Å². The molecule has 6 atom stereocenters. The van der Waals surface area contributed by atoms with Crippen LogP contribution in [0.3, 0.4) is 0 Å². The number of fused-ring (bicyclic) bond motifs is 2. The highest BCUT2D eigenvalue weighted by Crippen LogP contribution is 2.55. The van der Waals surface area contributed by atoms with Crippen molar-refractivity contribution in [2.45, 2.75) is 97.7 Å². The Morgan fingerprint density at radius 2 is 1.83 bits per heavy atom. The number of carbonyl (C=O) groups excluding carboxylic acids is 1. The van der Waals surface area contributed by atoms with Crippen LogP contribution in [0.15, 0.2) is 11.6 Å². The summed E-state index contributed by atoms with van der Waals surface area (Å²) in [5.74, 6) is 0.198. The van der Waals surface area contributed by atoms with Crippen LogP contribution in [0.4, 0.5) is 0 Å². The number of quaternary nitrogens is 1. The van der Waals surface area contributed by atoms with E-state index >= 15 is 0 Å². The molecule has 1 heterocycles. The Bertz CT molecular complexity index is 579. The normalized spacial score (nSPS) is 36.6. The van der Waals surface area contributed by atoms with Gasteiger partial charge in [0, 0.05) is 17.8 Å². The van der Waals surface area contributed by atoms with Gasteiger partial charge in [-0.25, -0.2) is 0 Å². The Morgan fingerprint density at radius 3 is 2.45 bits per heavy atom. The molecule has 0 bridgehead atoms. The zero-order valence-electron chi connectivity index (χ0n) is 19.2. The average Bonchev–Trinajstić information content (AvgIpc) is 3.00. The van der Waals surface area contributed by atoms with Crippen LogP contribution < -0.4 is 4.90 Å². The summed E-state index contributed by atoms with van der Waals surface area (Å²) in [6.07, 6.45) is 12.1. The summed E-state index contributed by atoms with van der Waals surface area (Å²) in [6, 6.07) is 0. The van der Waals surface area contributed by atoms with Crippen molar-refractivity contribution in [1.29, 1.82) is 0 Å². The van der Waals surface area contributed by atoms with E-state index in [0.29, 0.717) is 5.92 Å². The van der Waals surface area contributed by atoms with Gasteiger partial charge in [-0.1, -0.05) is 52.2 Å². The summed E-state index contributed by atoms with van der Waals surface area (Å²) < 4.78 is 5.88. The lowest BCUT2D eigenvalue weighted by Gasteiger charge is -2.51. The van der Waals surface area contributed by atoms with Gasteiger partial charge in [0.05, 0.1) is 25.7 Å². The quantitative estimate of drug-likeness (QED) is 0.331. The lowest BCUT2D eigenvalue weighted by Crippen LogP contribution is -3.13. The molecule has 4 heteroatoms. The van der Waals surface area contributed by atoms with Crippen molar-refractivity contribution >= 4 is 5.97 Å². The summed E-state index contributed by atoms with van der Waals surface area (Å²) in [5.41, 5.74) is 1.13. The second-order valence-corrected chi connectivity index (χ2v) is 10.2. The van der Waals surface area contributed by atoms with Crippen molar-refractivity contribution in [2.24, 2.45) is 23.2 Å². The van der Waals surface area contributed by atoms with E-state index < -0.39 is 6.10 Å². The van der Waals surface area contributed by atoms with Gasteiger partial charge in [-0.05, 0) is 44.4 Å². The molecule has 0 amide bonds. The van der Waals surface area contributed by atoms with E-state index in [1.807, 2.05) is 0 Å². The number of hydrogen-bond donors (Lipinski definition) is 2. The number of hydrogen-bond acceptors (Lipinski definition) is 3. The molecule has 0 radical (unpaired) electrons. The highest BCUT2D eigenvalue weighted by atomic mass is 16.6. The molecule has 0 aromatic rings. The van der Waals surface area contributed by atoms with Gasteiger partial charge in [-0.15, -0.1) is 0 Å². The van der Waals surface area contributed by atoms with Crippen molar-refractivity contribution in [3.8, 4) is 0 Å². The largest absolute Gasteiger partial charge is 0.461 e. The topological polar surface area (TPSA) is 51.0 Å². The van der Waals surface area contributed by atoms with Gasteiger partial charge >= 0.3 is 5.97 Å². The number of unbranched alkanes of at least 4 members (excludes halogenated alkanes) is 4. The summed E-state index contributed by atoms with van der Waals surface area (Å²) >= 11 is 0. The monoisotopic (exact) mass is 406 g/mol. The number of aliphatic hydroxyl groups is 1. The fourth-order valence-corrected chi connectivity index (χ4v) is 6.19. The molecule has 2 N–H and O–H groups in total. The molecule has 3 aliphatic rings. The second-order valence-electron chi connectivity index (χ2n) is 10.2. The molecule has 29 heavy (non-hydrogen) atoms. The molecule has 2 fully saturated rings. The highest BCUT2D eigenvalue weighted by molar-refractivity contribution is 5.76. The van der Waals surface area contributed by atoms with Gasteiger partial charge in [-0.3, -0.25) is 4.79 Å². The SMILES string of the molecule is CCCCC[NH+](CCCCC)C[C@@H]1C(=O)O[C@H]2CC3=CCC[C@@H](C)[C@]3(C)[C@H](O)[C@@H]21. The van der Waals surface area contributed by atoms with E-state index in [4.69, 9.17) is 4.74 Å². The molecule has 166 valence electrons. The van der Waals surface area contributed by atoms with Gasteiger partial charge in [0.25, 0.3) is 0 Å². The summed E-state index contributed by atoms with van der Waals surface area (Å²) in [5, 5.41) is 11.6. The number of allylic oxidation sites excluding steroid dienone is 1. The van der Waals surface area contributed by atoms with Crippen molar-refractivity contribution in [3.63, 3.8) is 0 Å². The molecule has 1 aliphatic heterocycles. The van der Waals surface area contributed by atoms with Crippen LogP contribution in [-0.4, -0.2) is 42.9 Å². The molecule has 1 saturated heterocycles. The maximum atomic E-state index is 12.9. The van der Waals surface area contributed by atoms with Gasteiger partial charge in [0.15, 0.2) is 0 Å². The third-order valence-corrected chi connectivity index (χ3v) is 8.35. The van der Waals surface area contributed by atoms with Gasteiger partial charge in [-0.2, -0.15) is 0 Å². The maximum absolute atomic E-state index is 12.9. The predicted octanol–water partition coefficient (Wildman–Crippen LogP) is 3.54. The third-order valence-electron chi connectivity index (χ3n) is 8.35. The summed E-state index contributed by atoms with van der Waals surface area (Å²) in [4.78, 5) is 14.4. The van der Waals surface area contributed by atoms with E-state index in [2.05, 4.69) is 33.8 Å². The number of esters is 1. The minimum Gasteiger partial charge on any atom is -0.461 e. The lowest BCUT2D eigenvalue weighted by atomic mass is 9.55. The maximum Gasteiger partial charge on any atom is 0.315 e. The minimum atomic E-state index is -0.480. The Morgan fingerprint density at radius 1 is 1.17 bits per heavy atom. The Hall–Kier alpha value is -0.870. The Labute approximate surface area is 178 Å². The first-order chi connectivity index (χ1) is 13.9. The smallest absolute Gasteiger partial charge is 0.315 e. The second kappa shape index (κ2) is 9.96. The predicted molar refractivity (Wildman–Crippen MR) is 117 cm³/mol. The number of nitrogens with one attached hydrogen (secondary N) is 1. The lowest BCUT2D eigenvalue weighted by molar-refractivity contribution is -0.903. The van der Waals surface area contributed by atoms with Crippen LogP contribution in [0, 0.1) is 23.2 Å². The number of aliphatic hydroxyl groups excluding tert-OH is 1. The van der Waals surface area contributed by atoms with Crippen LogP contribution in [0.25, 0.3) is 0 Å². The zero-order valence-corrected chi connectivity index (χ0v) is 19.2. The number of carbonyl (C=O) groups is 1. The van der Waals surface area contributed by atoms with E-state index in [1.54, 1.807) is 0 Å². The zero-order chi connectivity index (χ0) is 21.0. The molecule has 2 aliphatic carbocycles. The van der Waals surface area contributed by atoms with Crippen molar-refractivity contribution in [1.82, 2.24) is 0 Å². The molecule has 0 aromatic carbocycles. The van der Waals surface area contributed by atoms with Gasteiger partial charge < -0.3 is 14.7 Å². The van der Waals surface area contributed by atoms with Crippen molar-refractivity contribution < 1.29 is 19.5 Å². The molecular weight excluding hydrogens is 362 g/mol. The Kier molecular flexibility index (Phi) is 7.83. The van der Waals surface area contributed by atoms with Gasteiger partial charge in [0.2, 0.25) is 0 Å². The standard InChI is InChI=1S/C25H43NO3/c1-5-7-9-14-26(15-10-8-6-2)17-20-22-21(29-24(20)28)16-19-13-11-12-18(3)25(19,4)23(22)27/h13,18,20-23,27H,5-12,14-17H2,1-4H3/p+1/t18-,20+,21+,22-,23-,25+/m1/s1. The molecule has 0 unspecified atom stereocenters. The Balaban J connectivity index is 1.75. The first-order valence-electron chi connectivity index (χ1n) is 12.3. The first-order valence-corrected chi connectivity index (χ1v) is 12.3. The fourth-order valence-electron chi connectivity index (χ4n) is 6.19. The van der Waals surface area contributed by atoms with Crippen molar-refractivity contribution in [2.75, 3.05) is 19.6 Å².